The van der Waals surface area contributed by atoms with Gasteiger partial charge in [0.25, 0.3) is 0 Å². The molecule has 0 amide bonds. The molecule has 212 valence electrons. The van der Waals surface area contributed by atoms with Crippen LogP contribution in [0.1, 0.15) is 45.1 Å². The zero-order valence-corrected chi connectivity index (χ0v) is 24.0. The lowest BCUT2D eigenvalue weighted by Gasteiger charge is -2.51. The van der Waals surface area contributed by atoms with E-state index in [1.165, 1.54) is 25.9 Å². The minimum atomic E-state index is -2.91. The maximum atomic E-state index is 14.9. The first-order valence-electron chi connectivity index (χ1n) is 14.4. The molecule has 1 spiro atoms. The van der Waals surface area contributed by atoms with Gasteiger partial charge in [-0.05, 0) is 75.7 Å². The van der Waals surface area contributed by atoms with E-state index >= 15 is 0 Å². The summed E-state index contributed by atoms with van der Waals surface area (Å²) in [6, 6.07) is 8.32. The van der Waals surface area contributed by atoms with Crippen molar-refractivity contribution in [1.29, 1.82) is 0 Å². The molecule has 3 fully saturated rings. The maximum absolute atomic E-state index is 14.9. The van der Waals surface area contributed by atoms with Gasteiger partial charge in [-0.15, -0.1) is 0 Å². The molecule has 0 bridgehead atoms. The predicted octanol–water partition coefficient (Wildman–Crippen LogP) is 4.24. The molecule has 6 rings (SSSR count). The zero-order valence-electron chi connectivity index (χ0n) is 23.2. The van der Waals surface area contributed by atoms with Gasteiger partial charge in [-0.3, -0.25) is 9.89 Å². The number of nitrogens with zero attached hydrogens (tertiary/aromatic N) is 3. The third-order valence-electron chi connectivity index (χ3n) is 9.69. The number of benzene rings is 1. The Kier molecular flexibility index (Phi) is 7.23. The topological polar surface area (TPSA) is 74.2 Å². The van der Waals surface area contributed by atoms with E-state index in [1.807, 2.05) is 13.0 Å². The normalized spacial score (nSPS) is 31.8. The van der Waals surface area contributed by atoms with Crippen LogP contribution < -0.4 is 5.32 Å². The average Bonchev–Trinajstić information content (AvgIpc) is 3.56. The second-order valence-corrected chi connectivity index (χ2v) is 14.6. The summed E-state index contributed by atoms with van der Waals surface area (Å²) in [5.74, 6) is 0.116. The highest BCUT2D eigenvalue weighted by Crippen LogP contribution is 2.52. The molecule has 4 aliphatic heterocycles. The summed E-state index contributed by atoms with van der Waals surface area (Å²) < 4.78 is 44.7. The van der Waals surface area contributed by atoms with Gasteiger partial charge in [-0.2, -0.15) is 0 Å². The number of rotatable bonds is 8. The molecule has 1 aromatic carbocycles. The van der Waals surface area contributed by atoms with Crippen LogP contribution in [0, 0.1) is 17.3 Å². The quantitative estimate of drug-likeness (QED) is 0.381. The highest BCUT2D eigenvalue weighted by Gasteiger charge is 2.58. The third kappa shape index (κ3) is 5.35. The van der Waals surface area contributed by atoms with E-state index in [-0.39, 0.29) is 40.1 Å². The van der Waals surface area contributed by atoms with Crippen molar-refractivity contribution in [1.82, 2.24) is 9.80 Å². The SMILES string of the molecule is CC1C(F)=CC=C2N=C(c3ccc(NCOCCN4CCCC4)cc3)CC(C)(N3CCC4(C3)CS(=O)(=O)C4)C21. The van der Waals surface area contributed by atoms with Crippen LogP contribution >= 0.6 is 0 Å². The number of halogens is 1. The number of fused-ring (bicyclic) bond motifs is 1. The summed E-state index contributed by atoms with van der Waals surface area (Å²) in [6.07, 6.45) is 7.57. The van der Waals surface area contributed by atoms with E-state index in [1.54, 1.807) is 6.08 Å². The minimum absolute atomic E-state index is 0.0725. The van der Waals surface area contributed by atoms with E-state index in [0.29, 0.717) is 13.2 Å². The van der Waals surface area contributed by atoms with Gasteiger partial charge in [0.05, 0.1) is 18.1 Å². The number of aliphatic imine (C=N–C) groups is 1. The van der Waals surface area contributed by atoms with Crippen molar-refractivity contribution in [3.8, 4) is 0 Å². The van der Waals surface area contributed by atoms with Gasteiger partial charge in [-0.1, -0.05) is 19.1 Å². The molecule has 0 radical (unpaired) electrons. The highest BCUT2D eigenvalue weighted by atomic mass is 32.2. The van der Waals surface area contributed by atoms with Gasteiger partial charge >= 0.3 is 0 Å². The van der Waals surface area contributed by atoms with E-state index in [2.05, 4.69) is 46.3 Å². The van der Waals surface area contributed by atoms with Crippen LogP contribution in [0.3, 0.4) is 0 Å². The Morgan fingerprint density at radius 3 is 2.59 bits per heavy atom. The summed E-state index contributed by atoms with van der Waals surface area (Å²) in [5, 5.41) is 3.35. The molecule has 0 saturated carbocycles. The van der Waals surface area contributed by atoms with Gasteiger partial charge in [0.2, 0.25) is 0 Å². The predicted molar refractivity (Wildman–Crippen MR) is 153 cm³/mol. The number of nitrogens with one attached hydrogen (secondary N) is 1. The molecule has 3 unspecified atom stereocenters. The Balaban J connectivity index is 1.15. The molecule has 0 aromatic heterocycles. The van der Waals surface area contributed by atoms with Crippen molar-refractivity contribution >= 4 is 21.2 Å². The fourth-order valence-electron chi connectivity index (χ4n) is 7.60. The first kappa shape index (κ1) is 27.1. The molecular weight excluding hydrogens is 515 g/mol. The molecule has 1 aromatic rings. The van der Waals surface area contributed by atoms with E-state index in [9.17, 15) is 12.8 Å². The number of ether oxygens (including phenoxy) is 1. The van der Waals surface area contributed by atoms with Crippen molar-refractivity contribution in [3.63, 3.8) is 0 Å². The van der Waals surface area contributed by atoms with Crippen LogP contribution in [0.5, 0.6) is 0 Å². The Morgan fingerprint density at radius 2 is 1.87 bits per heavy atom. The van der Waals surface area contributed by atoms with Gasteiger partial charge in [0, 0.05) is 59.4 Å². The Labute approximate surface area is 232 Å². The summed E-state index contributed by atoms with van der Waals surface area (Å²) in [7, 11) is -2.91. The minimum Gasteiger partial charge on any atom is -0.363 e. The van der Waals surface area contributed by atoms with Gasteiger partial charge in [0.15, 0.2) is 9.84 Å². The molecule has 3 saturated heterocycles. The van der Waals surface area contributed by atoms with E-state index in [0.717, 1.165) is 55.3 Å². The summed E-state index contributed by atoms with van der Waals surface area (Å²) in [5.41, 5.74) is 3.49. The third-order valence-corrected chi connectivity index (χ3v) is 11.8. The van der Waals surface area contributed by atoms with Crippen LogP contribution in [0.2, 0.25) is 0 Å². The molecule has 7 nitrogen and oxygen atoms in total. The van der Waals surface area contributed by atoms with Crippen molar-refractivity contribution in [2.24, 2.45) is 22.2 Å². The van der Waals surface area contributed by atoms with Crippen LogP contribution in [-0.2, 0) is 14.6 Å². The summed E-state index contributed by atoms with van der Waals surface area (Å²) >= 11 is 0. The number of hydrogen-bond acceptors (Lipinski definition) is 7. The molecular formula is C30H41FN4O3S. The van der Waals surface area contributed by atoms with Crippen LogP contribution in [0.4, 0.5) is 10.1 Å². The monoisotopic (exact) mass is 556 g/mol. The summed E-state index contributed by atoms with van der Waals surface area (Å²) in [4.78, 5) is 9.96. The fraction of sp³-hybridized carbons (Fsp3) is 0.633. The average molecular weight is 557 g/mol. The van der Waals surface area contributed by atoms with Gasteiger partial charge < -0.3 is 15.0 Å². The molecule has 1 N–H and O–H groups in total. The molecule has 3 atom stereocenters. The second kappa shape index (κ2) is 10.4. The maximum Gasteiger partial charge on any atom is 0.151 e. The van der Waals surface area contributed by atoms with Gasteiger partial charge in [0.1, 0.15) is 12.6 Å². The van der Waals surface area contributed by atoms with Crippen LogP contribution in [0.15, 0.2) is 52.9 Å². The first-order valence-corrected chi connectivity index (χ1v) is 16.2. The van der Waals surface area contributed by atoms with E-state index in [4.69, 9.17) is 9.73 Å². The second-order valence-electron chi connectivity index (χ2n) is 12.6. The highest BCUT2D eigenvalue weighted by molar-refractivity contribution is 7.92. The van der Waals surface area contributed by atoms with Crippen molar-refractivity contribution in [3.05, 3.63) is 53.5 Å². The number of anilines is 1. The first-order chi connectivity index (χ1) is 18.7. The zero-order chi connectivity index (χ0) is 27.3. The molecule has 5 aliphatic rings. The smallest absolute Gasteiger partial charge is 0.151 e. The lowest BCUT2D eigenvalue weighted by atomic mass is 9.67. The summed E-state index contributed by atoms with van der Waals surface area (Å²) in [6.45, 7) is 10.3. The Hall–Kier alpha value is -2.07. The largest absolute Gasteiger partial charge is 0.363 e. The van der Waals surface area contributed by atoms with Crippen LogP contribution in [0.25, 0.3) is 0 Å². The van der Waals surface area contributed by atoms with Crippen molar-refractivity contribution < 1.29 is 17.5 Å². The lowest BCUT2D eigenvalue weighted by molar-refractivity contribution is 0.0534. The van der Waals surface area contributed by atoms with Crippen molar-refractivity contribution in [2.45, 2.75) is 45.1 Å². The van der Waals surface area contributed by atoms with Gasteiger partial charge in [-0.25, -0.2) is 12.8 Å². The fourth-order valence-corrected chi connectivity index (χ4v) is 9.86. The number of hydrogen-bond donors (Lipinski definition) is 1. The van der Waals surface area contributed by atoms with Crippen LogP contribution in [-0.4, -0.2) is 87.0 Å². The number of allylic oxidation sites excluding steroid dienone is 3. The molecule has 39 heavy (non-hydrogen) atoms. The van der Waals surface area contributed by atoms with Crippen molar-refractivity contribution in [2.75, 3.05) is 62.9 Å². The number of likely N-dealkylation sites (tertiary alicyclic amines) is 2. The Bertz CT molecular complexity index is 1270. The number of sulfone groups is 1. The van der Waals surface area contributed by atoms with E-state index < -0.39 is 9.84 Å². The standard InChI is InChI=1S/C30H41FN4O3S/c1-22-25(31)9-10-26-28(22)29(2,35-14-11-30(18-35)19-39(36,37)20-30)17-27(33-26)23-5-7-24(8-6-23)32-21-38-16-15-34-12-3-4-13-34/h5-10,22,28,32H,3-4,11-21H2,1-2H3. The molecule has 9 heteroatoms. The Morgan fingerprint density at radius 1 is 1.13 bits per heavy atom. The molecule has 4 heterocycles. The lowest BCUT2D eigenvalue weighted by Crippen LogP contribution is -2.58. The molecule has 1 aliphatic carbocycles.